The van der Waals surface area contributed by atoms with Crippen molar-refractivity contribution in [2.24, 2.45) is 5.92 Å². The van der Waals surface area contributed by atoms with Crippen molar-refractivity contribution in [2.45, 2.75) is 51.9 Å². The summed E-state index contributed by atoms with van der Waals surface area (Å²) in [5, 5.41) is 0. The van der Waals surface area contributed by atoms with Crippen LogP contribution in [-0.4, -0.2) is 0 Å². The average molecular weight is 278 g/mol. The molecule has 0 saturated heterocycles. The summed E-state index contributed by atoms with van der Waals surface area (Å²) in [4.78, 5) is 0. The van der Waals surface area contributed by atoms with Crippen LogP contribution >= 0.6 is 22.6 Å². The summed E-state index contributed by atoms with van der Waals surface area (Å²) in [7, 11) is 0. The quantitative estimate of drug-likeness (QED) is 0.505. The van der Waals surface area contributed by atoms with Gasteiger partial charge in [0.15, 0.2) is 0 Å². The van der Waals surface area contributed by atoms with E-state index < -0.39 is 0 Å². The molecule has 70 valence electrons. The molecule has 0 N–H and O–H groups in total. The predicted molar refractivity (Wildman–Crippen MR) is 63.6 cm³/mol. The molecule has 0 aromatic rings. The molecule has 0 nitrogen and oxygen atoms in total. The number of unbranched alkanes of at least 4 members (excludes halogenated alkanes) is 3. The molecule has 0 bridgehead atoms. The smallest absolute Gasteiger partial charge is 0.0131 e. The van der Waals surface area contributed by atoms with Crippen molar-refractivity contribution in [2.75, 3.05) is 0 Å². The number of hydrogen-bond donors (Lipinski definition) is 0. The molecule has 1 atom stereocenters. The normalized spacial score (nSPS) is 22.8. The first-order chi connectivity index (χ1) is 5.83. The molecule has 0 amide bonds. The average Bonchev–Trinajstić information content (AvgIpc) is 2.45. The zero-order valence-corrected chi connectivity index (χ0v) is 10.1. The maximum Gasteiger partial charge on any atom is -0.0131 e. The van der Waals surface area contributed by atoms with Gasteiger partial charge in [-0.3, -0.25) is 0 Å². The monoisotopic (exact) mass is 278 g/mol. The van der Waals surface area contributed by atoms with Crippen LogP contribution in [0.3, 0.4) is 0 Å². The van der Waals surface area contributed by atoms with Crippen LogP contribution in [0.25, 0.3) is 0 Å². The van der Waals surface area contributed by atoms with Crippen molar-refractivity contribution in [3.8, 4) is 0 Å². The molecule has 0 aromatic carbocycles. The Kier molecular flexibility index (Phi) is 5.28. The first-order valence-electron chi connectivity index (χ1n) is 5.17. The van der Waals surface area contributed by atoms with Gasteiger partial charge in [0.2, 0.25) is 0 Å². The topological polar surface area (TPSA) is 0 Å². The minimum absolute atomic E-state index is 0.994. The second-order valence-electron chi connectivity index (χ2n) is 3.81. The maximum absolute atomic E-state index is 2.48. The summed E-state index contributed by atoms with van der Waals surface area (Å²) in [6.45, 7) is 2.28. The number of hydrogen-bond acceptors (Lipinski definition) is 0. The molecular formula is C11H19I. The van der Waals surface area contributed by atoms with Gasteiger partial charge >= 0.3 is 0 Å². The van der Waals surface area contributed by atoms with Crippen LogP contribution in [0.4, 0.5) is 0 Å². The Labute approximate surface area is 90.0 Å². The van der Waals surface area contributed by atoms with Gasteiger partial charge in [0, 0.05) is 0 Å². The van der Waals surface area contributed by atoms with Crippen LogP contribution in [0.2, 0.25) is 0 Å². The molecule has 0 aliphatic heterocycles. The largest absolute Gasteiger partial charge is 0.0749 e. The molecule has 0 fully saturated rings. The van der Waals surface area contributed by atoms with E-state index in [2.05, 4.69) is 35.6 Å². The van der Waals surface area contributed by atoms with Crippen LogP contribution in [0.5, 0.6) is 0 Å². The second-order valence-corrected chi connectivity index (χ2v) is 5.19. The van der Waals surface area contributed by atoms with Gasteiger partial charge in [-0.25, -0.2) is 0 Å². The van der Waals surface area contributed by atoms with Gasteiger partial charge in [-0.15, -0.1) is 0 Å². The van der Waals surface area contributed by atoms with Crippen molar-refractivity contribution in [3.63, 3.8) is 0 Å². The standard InChI is InChI=1S/C11H19I/c1-2-3-4-5-6-10-7-8-11(12)9-10/h8,10H,2-7,9H2,1H3. The van der Waals surface area contributed by atoms with E-state index >= 15 is 0 Å². The Balaban J connectivity index is 1.95. The molecule has 0 saturated carbocycles. The van der Waals surface area contributed by atoms with E-state index in [1.165, 1.54) is 44.9 Å². The summed E-state index contributed by atoms with van der Waals surface area (Å²) in [5.41, 5.74) is 0. The number of rotatable bonds is 5. The molecule has 1 heteroatoms. The Morgan fingerprint density at radius 1 is 1.42 bits per heavy atom. The Bertz CT molecular complexity index is 149. The molecule has 1 aliphatic rings. The van der Waals surface area contributed by atoms with Gasteiger partial charge in [0.25, 0.3) is 0 Å². The van der Waals surface area contributed by atoms with E-state index in [0.29, 0.717) is 0 Å². The van der Waals surface area contributed by atoms with Crippen molar-refractivity contribution in [1.29, 1.82) is 0 Å². The highest BCUT2D eigenvalue weighted by Gasteiger charge is 2.14. The fourth-order valence-corrected chi connectivity index (χ4v) is 2.69. The van der Waals surface area contributed by atoms with Crippen molar-refractivity contribution >= 4 is 22.6 Å². The zero-order chi connectivity index (χ0) is 8.81. The molecule has 0 heterocycles. The molecule has 0 spiro atoms. The fourth-order valence-electron chi connectivity index (χ4n) is 1.82. The molecule has 1 rings (SSSR count). The summed E-state index contributed by atoms with van der Waals surface area (Å²) in [6, 6.07) is 0. The van der Waals surface area contributed by atoms with Crippen molar-refractivity contribution < 1.29 is 0 Å². The van der Waals surface area contributed by atoms with E-state index in [-0.39, 0.29) is 0 Å². The Morgan fingerprint density at radius 3 is 2.83 bits per heavy atom. The molecule has 0 radical (unpaired) electrons. The van der Waals surface area contributed by atoms with Gasteiger partial charge in [0.1, 0.15) is 0 Å². The van der Waals surface area contributed by atoms with E-state index in [1.54, 1.807) is 3.58 Å². The molecule has 12 heavy (non-hydrogen) atoms. The van der Waals surface area contributed by atoms with E-state index in [0.717, 1.165) is 5.92 Å². The third-order valence-corrected chi connectivity index (χ3v) is 3.50. The number of allylic oxidation sites excluding steroid dienone is 2. The second kappa shape index (κ2) is 6.01. The van der Waals surface area contributed by atoms with Crippen LogP contribution in [0, 0.1) is 5.92 Å². The van der Waals surface area contributed by atoms with Gasteiger partial charge in [-0.1, -0.05) is 38.7 Å². The number of halogens is 1. The summed E-state index contributed by atoms with van der Waals surface area (Å²) < 4.78 is 1.59. The van der Waals surface area contributed by atoms with Gasteiger partial charge in [-0.05, 0) is 51.4 Å². The lowest BCUT2D eigenvalue weighted by molar-refractivity contribution is 0.479. The summed E-state index contributed by atoms with van der Waals surface area (Å²) >= 11 is 2.48. The van der Waals surface area contributed by atoms with E-state index in [9.17, 15) is 0 Å². The first-order valence-corrected chi connectivity index (χ1v) is 6.25. The van der Waals surface area contributed by atoms with Gasteiger partial charge in [0.05, 0.1) is 0 Å². The van der Waals surface area contributed by atoms with E-state index in [4.69, 9.17) is 0 Å². The molecule has 1 unspecified atom stereocenters. The molecular weight excluding hydrogens is 259 g/mol. The predicted octanol–water partition coefficient (Wildman–Crippen LogP) is 4.69. The highest BCUT2D eigenvalue weighted by atomic mass is 127. The Hall–Kier alpha value is 0.470. The van der Waals surface area contributed by atoms with Gasteiger partial charge in [-0.2, -0.15) is 0 Å². The van der Waals surface area contributed by atoms with Crippen LogP contribution in [0.1, 0.15) is 51.9 Å². The molecule has 0 aromatic heterocycles. The first kappa shape index (κ1) is 10.6. The van der Waals surface area contributed by atoms with Crippen molar-refractivity contribution in [3.05, 3.63) is 9.66 Å². The maximum atomic E-state index is 2.48. The lowest BCUT2D eigenvalue weighted by Gasteiger charge is -2.07. The van der Waals surface area contributed by atoms with Crippen LogP contribution in [-0.2, 0) is 0 Å². The highest BCUT2D eigenvalue weighted by molar-refractivity contribution is 14.1. The Morgan fingerprint density at radius 2 is 2.25 bits per heavy atom. The lowest BCUT2D eigenvalue weighted by atomic mass is 9.99. The summed E-state index contributed by atoms with van der Waals surface area (Å²) in [5.74, 6) is 0.994. The third kappa shape index (κ3) is 3.92. The van der Waals surface area contributed by atoms with E-state index in [1.807, 2.05) is 0 Å². The highest BCUT2D eigenvalue weighted by Crippen LogP contribution is 2.32. The van der Waals surface area contributed by atoms with Crippen LogP contribution in [0.15, 0.2) is 9.66 Å². The lowest BCUT2D eigenvalue weighted by Crippen LogP contribution is -1.93. The zero-order valence-electron chi connectivity index (χ0n) is 7.98. The van der Waals surface area contributed by atoms with Crippen molar-refractivity contribution in [1.82, 2.24) is 0 Å². The SMILES string of the molecule is CCCCCCC1CC=C(I)C1. The third-order valence-electron chi connectivity index (χ3n) is 2.62. The molecule has 1 aliphatic carbocycles. The minimum Gasteiger partial charge on any atom is -0.0749 e. The van der Waals surface area contributed by atoms with Gasteiger partial charge < -0.3 is 0 Å². The minimum atomic E-state index is 0.994. The summed E-state index contributed by atoms with van der Waals surface area (Å²) in [6.07, 6.45) is 12.3. The fraction of sp³-hybridized carbons (Fsp3) is 0.818. The van der Waals surface area contributed by atoms with Crippen LogP contribution < -0.4 is 0 Å².